The zero-order chi connectivity index (χ0) is 16.1. The van der Waals surface area contributed by atoms with Gasteiger partial charge in [0.15, 0.2) is 11.5 Å². The van der Waals surface area contributed by atoms with E-state index in [1.165, 1.54) is 6.08 Å². The summed E-state index contributed by atoms with van der Waals surface area (Å²) in [6, 6.07) is 19.8. The number of carbonyl (C=O) groups excluding carboxylic acids is 1. The Bertz CT molecular complexity index is 764. The van der Waals surface area contributed by atoms with Crippen molar-refractivity contribution in [3.8, 4) is 12.3 Å². The molecule has 112 valence electrons. The first kappa shape index (κ1) is 14.9. The van der Waals surface area contributed by atoms with Gasteiger partial charge in [0.1, 0.15) is 5.76 Å². The van der Waals surface area contributed by atoms with E-state index in [1.54, 1.807) is 0 Å². The predicted octanol–water partition coefficient (Wildman–Crippen LogP) is 4.34. The second kappa shape index (κ2) is 6.81. The topological polar surface area (TPSA) is 26.3 Å². The van der Waals surface area contributed by atoms with Gasteiger partial charge in [-0.15, -0.1) is 6.42 Å². The molecule has 1 aliphatic carbocycles. The van der Waals surface area contributed by atoms with Crippen LogP contribution >= 0.6 is 0 Å². The van der Waals surface area contributed by atoms with Crippen LogP contribution in [0.3, 0.4) is 0 Å². The van der Waals surface area contributed by atoms with Crippen LogP contribution in [0, 0.1) is 12.3 Å². The van der Waals surface area contributed by atoms with Crippen molar-refractivity contribution in [2.75, 3.05) is 0 Å². The molecule has 2 nitrogen and oxygen atoms in total. The van der Waals surface area contributed by atoms with Gasteiger partial charge in [-0.05, 0) is 17.0 Å². The average Bonchev–Trinajstić information content (AvgIpc) is 3.01. The largest absolute Gasteiger partial charge is 0.452 e. The Hall–Kier alpha value is -3.05. The molecule has 0 spiro atoms. The molecule has 0 amide bonds. The second-order valence-electron chi connectivity index (χ2n) is 5.26. The van der Waals surface area contributed by atoms with Crippen LogP contribution in [0.25, 0.3) is 5.57 Å². The van der Waals surface area contributed by atoms with Gasteiger partial charge in [-0.3, -0.25) is 4.79 Å². The number of ketones is 1. The first-order valence-corrected chi connectivity index (χ1v) is 7.51. The molecule has 0 atom stereocenters. The Kier molecular flexibility index (Phi) is 4.40. The third-order valence-electron chi connectivity index (χ3n) is 3.66. The molecule has 2 aromatic rings. The maximum Gasteiger partial charge on any atom is 0.185 e. The van der Waals surface area contributed by atoms with Crippen LogP contribution in [0.4, 0.5) is 0 Å². The van der Waals surface area contributed by atoms with E-state index in [0.29, 0.717) is 24.4 Å². The molecule has 0 heterocycles. The molecule has 0 N–H and O–H groups in total. The monoisotopic (exact) mass is 300 g/mol. The summed E-state index contributed by atoms with van der Waals surface area (Å²) in [6.45, 7) is 0. The molecule has 0 saturated carbocycles. The zero-order valence-corrected chi connectivity index (χ0v) is 12.7. The minimum Gasteiger partial charge on any atom is -0.452 e. The molecule has 2 heteroatoms. The fourth-order valence-corrected chi connectivity index (χ4v) is 2.57. The van der Waals surface area contributed by atoms with Crippen molar-refractivity contribution < 1.29 is 9.53 Å². The molecule has 0 fully saturated rings. The summed E-state index contributed by atoms with van der Waals surface area (Å²) in [4.78, 5) is 11.4. The minimum absolute atomic E-state index is 0.0809. The van der Waals surface area contributed by atoms with Gasteiger partial charge in [0.25, 0.3) is 0 Å². The molecule has 2 aromatic carbocycles. The van der Waals surface area contributed by atoms with Crippen molar-refractivity contribution in [3.63, 3.8) is 0 Å². The van der Waals surface area contributed by atoms with E-state index >= 15 is 0 Å². The first-order valence-electron chi connectivity index (χ1n) is 7.51. The summed E-state index contributed by atoms with van der Waals surface area (Å²) in [5, 5.41) is 0. The average molecular weight is 300 g/mol. The summed E-state index contributed by atoms with van der Waals surface area (Å²) < 4.78 is 5.89. The van der Waals surface area contributed by atoms with Crippen LogP contribution in [0.5, 0.6) is 0 Å². The van der Waals surface area contributed by atoms with E-state index in [-0.39, 0.29) is 5.78 Å². The Morgan fingerprint density at radius 1 is 0.913 bits per heavy atom. The third-order valence-corrected chi connectivity index (χ3v) is 3.66. The number of carbonyl (C=O) groups is 1. The smallest absolute Gasteiger partial charge is 0.185 e. The molecule has 3 rings (SSSR count). The van der Waals surface area contributed by atoms with E-state index in [9.17, 15) is 4.79 Å². The number of hydrogen-bond acceptors (Lipinski definition) is 2. The van der Waals surface area contributed by atoms with E-state index in [4.69, 9.17) is 11.2 Å². The number of allylic oxidation sites excluding steroid dienone is 3. The van der Waals surface area contributed by atoms with Gasteiger partial charge in [0, 0.05) is 24.5 Å². The number of hydrogen-bond donors (Lipinski definition) is 0. The highest BCUT2D eigenvalue weighted by Crippen LogP contribution is 2.30. The molecule has 0 saturated heterocycles. The number of benzene rings is 2. The first-order chi connectivity index (χ1) is 11.3. The summed E-state index contributed by atoms with van der Waals surface area (Å²) in [6.07, 6.45) is 8.33. The van der Waals surface area contributed by atoms with E-state index in [0.717, 1.165) is 16.7 Å². The summed E-state index contributed by atoms with van der Waals surface area (Å²) in [7, 11) is 0. The van der Waals surface area contributed by atoms with Crippen LogP contribution < -0.4 is 0 Å². The number of rotatable bonds is 4. The Labute approximate surface area is 136 Å². The fourth-order valence-electron chi connectivity index (χ4n) is 2.57. The minimum atomic E-state index is 0.0809. The molecule has 0 bridgehead atoms. The van der Waals surface area contributed by atoms with Gasteiger partial charge in [-0.1, -0.05) is 60.7 Å². The molecular formula is C21H16O2. The van der Waals surface area contributed by atoms with Crippen molar-refractivity contribution in [1.82, 2.24) is 0 Å². The van der Waals surface area contributed by atoms with Crippen molar-refractivity contribution >= 4 is 11.4 Å². The van der Waals surface area contributed by atoms with Crippen molar-refractivity contribution in [3.05, 3.63) is 89.4 Å². The number of ether oxygens (including phenoxy) is 1. The molecule has 23 heavy (non-hydrogen) atoms. The van der Waals surface area contributed by atoms with Gasteiger partial charge in [0.2, 0.25) is 0 Å². The van der Waals surface area contributed by atoms with Gasteiger partial charge in [0.05, 0.1) is 0 Å². The normalized spacial score (nSPS) is 13.2. The zero-order valence-electron chi connectivity index (χ0n) is 12.7. The molecule has 1 aliphatic rings. The maximum absolute atomic E-state index is 11.4. The van der Waals surface area contributed by atoms with Gasteiger partial charge in [-0.25, -0.2) is 0 Å². The van der Waals surface area contributed by atoms with Crippen LogP contribution in [-0.4, -0.2) is 5.78 Å². The molecule has 0 aliphatic heterocycles. The molecule has 0 radical (unpaired) electrons. The summed E-state index contributed by atoms with van der Waals surface area (Å²) >= 11 is 0. The Morgan fingerprint density at radius 2 is 1.48 bits per heavy atom. The SMILES string of the molecule is C#CC(OC1=CC(=O)CC1)=C(c1ccccc1)c1ccccc1. The van der Waals surface area contributed by atoms with E-state index < -0.39 is 0 Å². The highest BCUT2D eigenvalue weighted by Gasteiger charge is 2.18. The lowest BCUT2D eigenvalue weighted by Crippen LogP contribution is -1.97. The fraction of sp³-hybridized carbons (Fsp3) is 0.0952. The number of terminal acetylenes is 1. The van der Waals surface area contributed by atoms with Crippen molar-refractivity contribution in [2.24, 2.45) is 0 Å². The molecule has 0 unspecified atom stereocenters. The Morgan fingerprint density at radius 3 is 1.91 bits per heavy atom. The van der Waals surface area contributed by atoms with Gasteiger partial charge in [-0.2, -0.15) is 0 Å². The lowest BCUT2D eigenvalue weighted by Gasteiger charge is -2.14. The maximum atomic E-state index is 11.4. The van der Waals surface area contributed by atoms with E-state index in [1.807, 2.05) is 60.7 Å². The lowest BCUT2D eigenvalue weighted by molar-refractivity contribution is -0.114. The lowest BCUT2D eigenvalue weighted by atomic mass is 9.97. The second-order valence-corrected chi connectivity index (χ2v) is 5.26. The van der Waals surface area contributed by atoms with Crippen LogP contribution in [-0.2, 0) is 9.53 Å². The van der Waals surface area contributed by atoms with Gasteiger partial charge >= 0.3 is 0 Å². The van der Waals surface area contributed by atoms with Crippen LogP contribution in [0.15, 0.2) is 78.3 Å². The highest BCUT2D eigenvalue weighted by atomic mass is 16.5. The standard InChI is InChI=1S/C21H16O2/c1-2-20(23-19-14-13-18(22)15-19)21(16-9-5-3-6-10-16)17-11-7-4-8-12-17/h1,3-12,15H,13-14H2. The van der Waals surface area contributed by atoms with Crippen LogP contribution in [0.2, 0.25) is 0 Å². The quantitative estimate of drug-likeness (QED) is 0.620. The highest BCUT2D eigenvalue weighted by molar-refractivity contribution is 5.92. The van der Waals surface area contributed by atoms with E-state index in [2.05, 4.69) is 5.92 Å². The summed E-state index contributed by atoms with van der Waals surface area (Å²) in [5.41, 5.74) is 2.82. The third kappa shape index (κ3) is 3.41. The van der Waals surface area contributed by atoms with Crippen molar-refractivity contribution in [2.45, 2.75) is 12.8 Å². The Balaban J connectivity index is 2.10. The van der Waals surface area contributed by atoms with Gasteiger partial charge < -0.3 is 4.74 Å². The summed E-state index contributed by atoms with van der Waals surface area (Å²) in [5.74, 6) is 3.79. The van der Waals surface area contributed by atoms with Crippen LogP contribution in [0.1, 0.15) is 24.0 Å². The predicted molar refractivity (Wildman–Crippen MR) is 91.1 cm³/mol. The molecule has 0 aromatic heterocycles. The molecular weight excluding hydrogens is 284 g/mol. The van der Waals surface area contributed by atoms with Crippen molar-refractivity contribution in [1.29, 1.82) is 0 Å².